The molecular formula is C25H44O2Si. The topological polar surface area (TPSA) is 26.3 Å². The quantitative estimate of drug-likeness (QED) is 0.464. The van der Waals surface area contributed by atoms with Crippen LogP contribution >= 0.6 is 0 Å². The van der Waals surface area contributed by atoms with E-state index < -0.39 is 8.32 Å². The third kappa shape index (κ3) is 3.09. The first-order valence-electron chi connectivity index (χ1n) is 12.1. The van der Waals surface area contributed by atoms with E-state index in [0.717, 1.165) is 37.0 Å². The number of hydrogen-bond donors (Lipinski definition) is 0. The van der Waals surface area contributed by atoms with E-state index in [1.807, 2.05) is 0 Å². The Bertz CT molecular complexity index is 635. The van der Waals surface area contributed by atoms with Gasteiger partial charge in [-0.1, -0.05) is 34.6 Å². The molecule has 1 unspecified atom stereocenters. The van der Waals surface area contributed by atoms with E-state index in [-0.39, 0.29) is 0 Å². The smallest absolute Gasteiger partial charge is 0.192 e. The van der Waals surface area contributed by atoms with Gasteiger partial charge in [0.1, 0.15) is 5.78 Å². The molecule has 4 fully saturated rings. The van der Waals surface area contributed by atoms with Crippen molar-refractivity contribution in [3.05, 3.63) is 0 Å². The lowest BCUT2D eigenvalue weighted by Crippen LogP contribution is -2.55. The van der Waals surface area contributed by atoms with Crippen molar-refractivity contribution in [2.45, 2.75) is 117 Å². The van der Waals surface area contributed by atoms with Crippen molar-refractivity contribution < 1.29 is 9.22 Å². The molecule has 0 aliphatic heterocycles. The molecule has 0 heterocycles. The molecule has 3 heteroatoms. The Morgan fingerprint density at radius 1 is 0.929 bits per heavy atom. The molecule has 0 amide bonds. The summed E-state index contributed by atoms with van der Waals surface area (Å²) in [5.41, 5.74) is 0.806. The lowest BCUT2D eigenvalue weighted by molar-refractivity contribution is -0.141. The van der Waals surface area contributed by atoms with Crippen LogP contribution in [-0.4, -0.2) is 20.2 Å². The molecule has 0 spiro atoms. The number of carbonyl (C=O) groups is 1. The van der Waals surface area contributed by atoms with Gasteiger partial charge in [-0.05, 0) is 97.6 Å². The zero-order valence-electron chi connectivity index (χ0n) is 19.6. The van der Waals surface area contributed by atoms with Crippen LogP contribution in [0.25, 0.3) is 0 Å². The Labute approximate surface area is 174 Å². The van der Waals surface area contributed by atoms with Crippen LogP contribution in [0.5, 0.6) is 0 Å². The molecule has 0 bridgehead atoms. The summed E-state index contributed by atoms with van der Waals surface area (Å²) in [5.74, 6) is 3.77. The number of carbonyl (C=O) groups excluding carboxylic acids is 1. The maximum atomic E-state index is 12.1. The van der Waals surface area contributed by atoms with Gasteiger partial charge in [-0.15, -0.1) is 0 Å². The first-order valence-corrected chi connectivity index (χ1v) is 15.0. The van der Waals surface area contributed by atoms with Gasteiger partial charge < -0.3 is 4.43 Å². The number of rotatable bonds is 2. The van der Waals surface area contributed by atoms with Crippen LogP contribution in [0.4, 0.5) is 0 Å². The summed E-state index contributed by atoms with van der Waals surface area (Å²) in [6.07, 6.45) is 11.4. The van der Waals surface area contributed by atoms with Crippen molar-refractivity contribution in [2.24, 2.45) is 34.5 Å². The summed E-state index contributed by atoms with van der Waals surface area (Å²) in [5, 5.41) is 0.290. The minimum atomic E-state index is -1.72. The van der Waals surface area contributed by atoms with E-state index in [0.29, 0.717) is 33.7 Å². The summed E-state index contributed by atoms with van der Waals surface area (Å²) in [4.78, 5) is 12.1. The molecule has 160 valence electrons. The van der Waals surface area contributed by atoms with E-state index in [9.17, 15) is 4.79 Å². The number of hydrogen-bond acceptors (Lipinski definition) is 2. The Balaban J connectivity index is 1.55. The SMILES string of the molecule is CC(C)(C)[Si](C)(C)O[C@H]1CC[C@H]2[C@@H]3CCC4CC(=O)CC[C@]4(C)[C@H]3CC[C@]12C. The molecule has 4 aliphatic carbocycles. The summed E-state index contributed by atoms with van der Waals surface area (Å²) >= 11 is 0. The maximum absolute atomic E-state index is 12.1. The minimum Gasteiger partial charge on any atom is -0.413 e. The lowest BCUT2D eigenvalue weighted by atomic mass is 9.45. The monoisotopic (exact) mass is 404 g/mol. The standard InChI is InChI=1S/C25H44O2Si/c1-23(2,3)28(6,7)27-22-11-10-20-19-9-8-17-16-18(26)12-14-24(17,4)21(19)13-15-25(20,22)5/h17,19-22H,8-16H2,1-7H3/t17?,19-,20-,21-,22-,24-,25-/m0/s1. The number of Topliss-reactive ketones (excluding diaryl/α,β-unsaturated/α-hetero) is 1. The van der Waals surface area contributed by atoms with Gasteiger partial charge in [0.15, 0.2) is 8.32 Å². The first-order chi connectivity index (χ1) is 12.9. The van der Waals surface area contributed by atoms with Crippen LogP contribution in [0.1, 0.15) is 92.4 Å². The molecule has 28 heavy (non-hydrogen) atoms. The Kier molecular flexibility index (Phi) is 5.03. The molecule has 0 N–H and O–H groups in total. The van der Waals surface area contributed by atoms with E-state index in [2.05, 4.69) is 47.7 Å². The molecular weight excluding hydrogens is 360 g/mol. The van der Waals surface area contributed by atoms with Crippen LogP contribution in [0.3, 0.4) is 0 Å². The highest BCUT2D eigenvalue weighted by atomic mass is 28.4. The van der Waals surface area contributed by atoms with Gasteiger partial charge in [-0.2, -0.15) is 0 Å². The van der Waals surface area contributed by atoms with Crippen molar-refractivity contribution in [3.63, 3.8) is 0 Å². The second-order valence-corrected chi connectivity index (χ2v) is 17.6. The molecule has 0 saturated heterocycles. The van der Waals surface area contributed by atoms with E-state index in [1.165, 1.54) is 38.5 Å². The van der Waals surface area contributed by atoms with Gasteiger partial charge in [0.25, 0.3) is 0 Å². The molecule has 2 nitrogen and oxygen atoms in total. The third-order valence-electron chi connectivity index (χ3n) is 10.6. The molecule has 4 rings (SSSR count). The van der Waals surface area contributed by atoms with Gasteiger partial charge in [-0.3, -0.25) is 4.79 Å². The van der Waals surface area contributed by atoms with E-state index >= 15 is 0 Å². The van der Waals surface area contributed by atoms with Crippen molar-refractivity contribution in [3.8, 4) is 0 Å². The van der Waals surface area contributed by atoms with Crippen LogP contribution in [0.15, 0.2) is 0 Å². The van der Waals surface area contributed by atoms with Gasteiger partial charge in [-0.25, -0.2) is 0 Å². The molecule has 4 aliphatic rings. The van der Waals surface area contributed by atoms with Crippen molar-refractivity contribution in [1.82, 2.24) is 0 Å². The van der Waals surface area contributed by atoms with Crippen LogP contribution in [0, 0.1) is 34.5 Å². The third-order valence-corrected chi connectivity index (χ3v) is 15.1. The Morgan fingerprint density at radius 2 is 1.61 bits per heavy atom. The average Bonchev–Trinajstić information content (AvgIpc) is 2.91. The highest BCUT2D eigenvalue weighted by Crippen LogP contribution is 2.66. The van der Waals surface area contributed by atoms with Crippen LogP contribution in [0.2, 0.25) is 18.1 Å². The molecule has 4 saturated carbocycles. The van der Waals surface area contributed by atoms with E-state index in [1.54, 1.807) is 0 Å². The second kappa shape index (κ2) is 6.67. The highest BCUT2D eigenvalue weighted by Gasteiger charge is 2.61. The lowest BCUT2D eigenvalue weighted by Gasteiger charge is -2.60. The molecule has 0 aromatic heterocycles. The Morgan fingerprint density at radius 3 is 2.29 bits per heavy atom. The fourth-order valence-electron chi connectivity index (χ4n) is 7.72. The summed E-state index contributed by atoms with van der Waals surface area (Å²) in [6.45, 7) is 17.1. The number of ketones is 1. The predicted octanol–water partition coefficient (Wildman–Crippen LogP) is 6.99. The van der Waals surface area contributed by atoms with Gasteiger partial charge in [0.2, 0.25) is 0 Å². The molecule has 0 aromatic carbocycles. The Hall–Kier alpha value is -0.153. The van der Waals surface area contributed by atoms with Gasteiger partial charge >= 0.3 is 0 Å². The second-order valence-electron chi connectivity index (χ2n) is 12.9. The minimum absolute atomic E-state index is 0.290. The van der Waals surface area contributed by atoms with E-state index in [4.69, 9.17) is 4.43 Å². The van der Waals surface area contributed by atoms with Crippen LogP contribution < -0.4 is 0 Å². The first kappa shape index (κ1) is 21.1. The summed E-state index contributed by atoms with van der Waals surface area (Å²) < 4.78 is 7.06. The fraction of sp³-hybridized carbons (Fsp3) is 0.960. The maximum Gasteiger partial charge on any atom is 0.192 e. The zero-order chi connectivity index (χ0) is 20.5. The largest absolute Gasteiger partial charge is 0.413 e. The summed E-state index contributed by atoms with van der Waals surface area (Å²) in [7, 11) is -1.72. The van der Waals surface area contributed by atoms with Crippen LogP contribution in [-0.2, 0) is 9.22 Å². The fourth-order valence-corrected chi connectivity index (χ4v) is 9.18. The highest BCUT2D eigenvalue weighted by molar-refractivity contribution is 6.74. The molecule has 0 radical (unpaired) electrons. The number of fused-ring (bicyclic) bond motifs is 5. The average molecular weight is 405 g/mol. The van der Waals surface area contributed by atoms with Crippen molar-refractivity contribution in [2.75, 3.05) is 0 Å². The summed E-state index contributed by atoms with van der Waals surface area (Å²) in [6, 6.07) is 0. The van der Waals surface area contributed by atoms with Gasteiger partial charge in [0.05, 0.1) is 6.10 Å². The molecule has 0 aromatic rings. The zero-order valence-corrected chi connectivity index (χ0v) is 20.6. The normalized spacial score (nSPS) is 46.7. The van der Waals surface area contributed by atoms with Crippen molar-refractivity contribution >= 4 is 14.1 Å². The van der Waals surface area contributed by atoms with Crippen molar-refractivity contribution in [1.29, 1.82) is 0 Å². The predicted molar refractivity (Wildman–Crippen MR) is 119 cm³/mol. The van der Waals surface area contributed by atoms with Gasteiger partial charge in [0, 0.05) is 12.8 Å². The molecule has 7 atom stereocenters.